The summed E-state index contributed by atoms with van der Waals surface area (Å²) in [6, 6.07) is 3.27. The Hall–Kier alpha value is -1.77. The highest BCUT2D eigenvalue weighted by Gasteiger charge is 2.38. The molecule has 1 atom stereocenters. The topological polar surface area (TPSA) is 37.3 Å². The highest BCUT2D eigenvalue weighted by atomic mass is 35.5. The summed E-state index contributed by atoms with van der Waals surface area (Å²) in [4.78, 5) is 7.89. The molecular formula is C16H9Cl2F4N3S. The highest BCUT2D eigenvalue weighted by Crippen LogP contribution is 2.40. The second-order valence-corrected chi connectivity index (χ2v) is 6.67. The number of thiocarbonyl (C=S) groups is 1. The number of nitrogens with one attached hydrogen (secondary N) is 1. The van der Waals surface area contributed by atoms with Crippen LogP contribution in [0, 0.1) is 5.82 Å². The van der Waals surface area contributed by atoms with Gasteiger partial charge >= 0.3 is 6.18 Å². The first-order valence-electron chi connectivity index (χ1n) is 7.20. The minimum absolute atomic E-state index is 0.0174. The first-order valence-corrected chi connectivity index (χ1v) is 8.36. The van der Waals surface area contributed by atoms with E-state index in [9.17, 15) is 17.6 Å². The van der Waals surface area contributed by atoms with Crippen molar-refractivity contribution in [2.45, 2.75) is 19.1 Å². The van der Waals surface area contributed by atoms with Gasteiger partial charge in [0.25, 0.3) is 0 Å². The Kier molecular flexibility index (Phi) is 4.94. The zero-order chi connectivity index (χ0) is 19.2. The summed E-state index contributed by atoms with van der Waals surface area (Å²) in [5.41, 5.74) is -1.65. The summed E-state index contributed by atoms with van der Waals surface area (Å²) in [6.45, 7) is 1.61. The van der Waals surface area contributed by atoms with Crippen LogP contribution in [-0.2, 0) is 6.18 Å². The lowest BCUT2D eigenvalue weighted by Crippen LogP contribution is -2.20. The van der Waals surface area contributed by atoms with Crippen LogP contribution >= 0.6 is 35.4 Å². The Morgan fingerprint density at radius 1 is 1.19 bits per heavy atom. The van der Waals surface area contributed by atoms with Gasteiger partial charge in [0.15, 0.2) is 5.69 Å². The standard InChI is InChI=1S/C16H9Cl2F4N3S/c1-6-15(26)25-9-5-23-14(16(20,21)22)12(18)11(9)13(24-6)10-7(17)3-2-4-8(10)19/h2-6H,1H3,(H,25,26)/t6-/m0/s1. The molecule has 0 fully saturated rings. The molecule has 0 unspecified atom stereocenters. The lowest BCUT2D eigenvalue weighted by Gasteiger charge is -2.17. The van der Waals surface area contributed by atoms with Crippen molar-refractivity contribution < 1.29 is 17.6 Å². The summed E-state index contributed by atoms with van der Waals surface area (Å²) in [6.07, 6.45) is -3.85. The van der Waals surface area contributed by atoms with Gasteiger partial charge in [0, 0.05) is 5.56 Å². The van der Waals surface area contributed by atoms with E-state index < -0.39 is 28.8 Å². The Bertz CT molecular complexity index is 924. The number of fused-ring (bicyclic) bond motifs is 1. The number of pyridine rings is 1. The molecule has 136 valence electrons. The predicted octanol–water partition coefficient (Wildman–Crippen LogP) is 5.53. The third-order valence-electron chi connectivity index (χ3n) is 3.68. The molecule has 2 aromatic rings. The molecule has 0 saturated heterocycles. The van der Waals surface area contributed by atoms with Crippen molar-refractivity contribution >= 4 is 51.8 Å². The molecule has 0 saturated carbocycles. The van der Waals surface area contributed by atoms with Crippen molar-refractivity contribution in [3.8, 4) is 0 Å². The quantitative estimate of drug-likeness (QED) is 0.486. The molecule has 1 aromatic heterocycles. The van der Waals surface area contributed by atoms with Gasteiger partial charge in [-0.15, -0.1) is 0 Å². The zero-order valence-corrected chi connectivity index (χ0v) is 15.3. The van der Waals surface area contributed by atoms with Gasteiger partial charge in [-0.2, -0.15) is 13.2 Å². The molecule has 0 amide bonds. The summed E-state index contributed by atoms with van der Waals surface area (Å²) >= 11 is 17.3. The second kappa shape index (κ2) is 6.75. The van der Waals surface area contributed by atoms with Gasteiger partial charge in [0.1, 0.15) is 10.8 Å². The minimum Gasteiger partial charge on any atom is -0.346 e. The smallest absolute Gasteiger partial charge is 0.346 e. The van der Waals surface area contributed by atoms with Crippen LogP contribution in [0.15, 0.2) is 29.4 Å². The number of nitrogens with zero attached hydrogens (tertiary/aromatic N) is 2. The van der Waals surface area contributed by atoms with Gasteiger partial charge in [0.2, 0.25) is 0 Å². The molecule has 0 radical (unpaired) electrons. The number of rotatable bonds is 1. The van der Waals surface area contributed by atoms with Crippen LogP contribution in [0.5, 0.6) is 0 Å². The lowest BCUT2D eigenvalue weighted by molar-refractivity contribution is -0.141. The number of halogens is 6. The molecule has 10 heteroatoms. The van der Waals surface area contributed by atoms with E-state index in [1.54, 1.807) is 6.92 Å². The van der Waals surface area contributed by atoms with E-state index in [4.69, 9.17) is 35.4 Å². The summed E-state index contributed by atoms with van der Waals surface area (Å²) in [7, 11) is 0. The largest absolute Gasteiger partial charge is 0.434 e. The third kappa shape index (κ3) is 3.28. The molecule has 1 aliphatic heterocycles. The third-order valence-corrected chi connectivity index (χ3v) is 4.81. The van der Waals surface area contributed by atoms with Gasteiger partial charge < -0.3 is 5.32 Å². The Morgan fingerprint density at radius 2 is 1.88 bits per heavy atom. The molecule has 3 rings (SSSR count). The Morgan fingerprint density at radius 3 is 2.50 bits per heavy atom. The normalized spacial score (nSPS) is 17.3. The molecule has 1 N–H and O–H groups in total. The number of anilines is 1. The molecule has 1 aromatic carbocycles. The van der Waals surface area contributed by atoms with Crippen LogP contribution in [0.2, 0.25) is 10.0 Å². The van der Waals surface area contributed by atoms with Gasteiger partial charge in [-0.1, -0.05) is 41.5 Å². The van der Waals surface area contributed by atoms with Crippen molar-refractivity contribution in [2.24, 2.45) is 4.99 Å². The fourth-order valence-corrected chi connectivity index (χ4v) is 3.24. The lowest BCUT2D eigenvalue weighted by atomic mass is 10.00. The Balaban J connectivity index is 2.39. The predicted molar refractivity (Wildman–Crippen MR) is 97.0 cm³/mol. The van der Waals surface area contributed by atoms with Crippen molar-refractivity contribution in [3.63, 3.8) is 0 Å². The maximum atomic E-state index is 14.5. The number of hydrogen-bond acceptors (Lipinski definition) is 3. The molecule has 0 bridgehead atoms. The highest BCUT2D eigenvalue weighted by molar-refractivity contribution is 7.80. The maximum absolute atomic E-state index is 14.5. The van der Waals surface area contributed by atoms with Crippen molar-refractivity contribution in [3.05, 3.63) is 57.1 Å². The van der Waals surface area contributed by atoms with Crippen molar-refractivity contribution in [1.82, 2.24) is 4.98 Å². The average molecular weight is 422 g/mol. The van der Waals surface area contributed by atoms with E-state index >= 15 is 0 Å². The van der Waals surface area contributed by atoms with E-state index in [1.165, 1.54) is 12.1 Å². The van der Waals surface area contributed by atoms with Crippen LogP contribution in [0.4, 0.5) is 23.2 Å². The first-order chi connectivity index (χ1) is 12.1. The molecule has 1 aliphatic rings. The fraction of sp³-hybridized carbons (Fsp3) is 0.188. The SMILES string of the molecule is C[C@@H]1N=C(c2c(F)cccc2Cl)c2c(cnc(C(F)(F)F)c2Cl)NC1=S. The van der Waals surface area contributed by atoms with Gasteiger partial charge in [-0.3, -0.25) is 4.99 Å². The van der Waals surface area contributed by atoms with Gasteiger partial charge in [-0.25, -0.2) is 9.37 Å². The maximum Gasteiger partial charge on any atom is 0.434 e. The number of alkyl halides is 3. The fourth-order valence-electron chi connectivity index (χ4n) is 2.48. The van der Waals surface area contributed by atoms with Crippen LogP contribution in [0.25, 0.3) is 0 Å². The molecular weight excluding hydrogens is 413 g/mol. The molecule has 2 heterocycles. The molecule has 0 spiro atoms. The van der Waals surface area contributed by atoms with Crippen LogP contribution in [0.3, 0.4) is 0 Å². The van der Waals surface area contributed by atoms with E-state index in [1.807, 2.05) is 0 Å². The molecule has 3 nitrogen and oxygen atoms in total. The van der Waals surface area contributed by atoms with E-state index in [-0.39, 0.29) is 32.5 Å². The summed E-state index contributed by atoms with van der Waals surface area (Å²) < 4.78 is 54.1. The van der Waals surface area contributed by atoms with Gasteiger partial charge in [-0.05, 0) is 19.1 Å². The van der Waals surface area contributed by atoms with Crippen LogP contribution in [0.1, 0.15) is 23.7 Å². The summed E-state index contributed by atoms with van der Waals surface area (Å²) in [5, 5.41) is 2.04. The van der Waals surface area contributed by atoms with Gasteiger partial charge in [0.05, 0.1) is 39.2 Å². The van der Waals surface area contributed by atoms with Crippen LogP contribution in [-0.4, -0.2) is 21.7 Å². The second-order valence-electron chi connectivity index (χ2n) is 5.45. The minimum atomic E-state index is -4.80. The molecule has 26 heavy (non-hydrogen) atoms. The van der Waals surface area contributed by atoms with E-state index in [2.05, 4.69) is 15.3 Å². The number of aliphatic imine (C=N–C) groups is 1. The van der Waals surface area contributed by atoms with E-state index in [0.717, 1.165) is 12.3 Å². The number of hydrogen-bond donors (Lipinski definition) is 1. The summed E-state index contributed by atoms with van der Waals surface area (Å²) in [5.74, 6) is -0.747. The number of benzene rings is 1. The van der Waals surface area contributed by atoms with Crippen molar-refractivity contribution in [1.29, 1.82) is 0 Å². The van der Waals surface area contributed by atoms with Crippen LogP contribution < -0.4 is 5.32 Å². The monoisotopic (exact) mass is 421 g/mol. The first kappa shape index (κ1) is 19.0. The Labute approximate surface area is 161 Å². The van der Waals surface area contributed by atoms with E-state index in [0.29, 0.717) is 0 Å². The number of aromatic nitrogens is 1. The zero-order valence-electron chi connectivity index (χ0n) is 13.0. The average Bonchev–Trinajstić information content (AvgIpc) is 2.64. The van der Waals surface area contributed by atoms with Crippen molar-refractivity contribution in [2.75, 3.05) is 5.32 Å². The molecule has 0 aliphatic carbocycles.